The minimum Gasteiger partial charge on any atom is -0.481 e. The van der Waals surface area contributed by atoms with Gasteiger partial charge in [0.1, 0.15) is 0 Å². The fourth-order valence-electron chi connectivity index (χ4n) is 0.374. The van der Waals surface area contributed by atoms with Gasteiger partial charge in [0.15, 0.2) is 0 Å². The van der Waals surface area contributed by atoms with E-state index in [0.717, 1.165) is 0 Å². The Hall–Kier alpha value is -0.640. The van der Waals surface area contributed by atoms with Crippen LogP contribution in [-0.2, 0) is 0 Å². The second kappa shape index (κ2) is 2.96. The van der Waals surface area contributed by atoms with Crippen molar-refractivity contribution in [3.63, 3.8) is 0 Å². The van der Waals surface area contributed by atoms with Gasteiger partial charge in [-0.25, -0.2) is 0 Å². The van der Waals surface area contributed by atoms with Crippen LogP contribution in [0.2, 0.25) is 0 Å². The van der Waals surface area contributed by atoms with Gasteiger partial charge in [0.05, 0.1) is 18.4 Å². The summed E-state index contributed by atoms with van der Waals surface area (Å²) in [6.07, 6.45) is 0. The predicted molar refractivity (Wildman–Crippen MR) is 38.4 cm³/mol. The molecule has 1 rings (SSSR count). The predicted octanol–water partition coefficient (Wildman–Crippen LogP) is 1.99. The number of pyridine rings is 1. The highest BCUT2D eigenvalue weighted by Crippen LogP contribution is 2.16. The van der Waals surface area contributed by atoms with E-state index in [1.54, 1.807) is 0 Å². The lowest BCUT2D eigenvalue weighted by atomic mass is 10.5. The number of halogens is 2. The smallest absolute Gasteiger partial charge is 0.230 e. The van der Waals surface area contributed by atoms with Crippen molar-refractivity contribution in [3.05, 3.63) is 22.5 Å². The van der Waals surface area contributed by atoms with Crippen molar-refractivity contribution in [1.82, 2.24) is 4.98 Å². The highest BCUT2D eigenvalue weighted by molar-refractivity contribution is 9.10. The average molecular weight is 211 g/mol. The van der Waals surface area contributed by atoms with Crippen LogP contribution < -0.4 is 4.74 Å². The topological polar surface area (TPSA) is 22.1 Å². The van der Waals surface area contributed by atoms with Crippen molar-refractivity contribution in [2.75, 3.05) is 7.04 Å². The normalized spacial score (nSPS) is 18.0. The maximum atomic E-state index is 13.0. The summed E-state index contributed by atoms with van der Waals surface area (Å²) in [6.45, 7) is 0. The van der Waals surface area contributed by atoms with E-state index in [4.69, 9.17) is 6.85 Å². The summed E-state index contributed by atoms with van der Waals surface area (Å²) in [5, 5.41) is 0. The fraction of sp³-hybridized carbons (Fsp3) is 0.167. The lowest BCUT2D eigenvalue weighted by molar-refractivity contribution is 0.386. The molecule has 0 saturated heterocycles. The van der Waals surface area contributed by atoms with Crippen LogP contribution in [0.4, 0.5) is 4.39 Å². The number of rotatable bonds is 1. The Kier molecular flexibility index (Phi) is 0.940. The SMILES string of the molecule is [2H]c1c(OC([2H])([2H])[2H])nc(F)c(Br)c1[2H]. The van der Waals surface area contributed by atoms with Crippen LogP contribution >= 0.6 is 15.9 Å². The maximum Gasteiger partial charge on any atom is 0.230 e. The molecule has 0 radical (unpaired) electrons. The highest BCUT2D eigenvalue weighted by atomic mass is 79.9. The zero-order valence-electron chi connectivity index (χ0n) is 9.61. The second-order valence-electron chi connectivity index (χ2n) is 1.37. The molecule has 0 fully saturated rings. The Morgan fingerprint density at radius 1 is 1.90 bits per heavy atom. The third kappa shape index (κ3) is 1.44. The van der Waals surface area contributed by atoms with Gasteiger partial charge in [-0.1, -0.05) is 0 Å². The van der Waals surface area contributed by atoms with E-state index in [1.807, 2.05) is 0 Å². The third-order valence-electron chi connectivity index (χ3n) is 0.757. The van der Waals surface area contributed by atoms with Crippen LogP contribution in [0, 0.1) is 5.95 Å². The van der Waals surface area contributed by atoms with E-state index < -0.39 is 31.0 Å². The van der Waals surface area contributed by atoms with Gasteiger partial charge < -0.3 is 4.74 Å². The van der Waals surface area contributed by atoms with Gasteiger partial charge in [-0.2, -0.15) is 9.37 Å². The Balaban J connectivity index is 3.21. The second-order valence-corrected chi connectivity index (χ2v) is 2.17. The zero-order valence-corrected chi connectivity index (χ0v) is 6.20. The first-order valence-electron chi connectivity index (χ1n) is 4.73. The molecule has 0 saturated carbocycles. The molecule has 54 valence electrons. The number of hydrogen-bond acceptors (Lipinski definition) is 2. The molecule has 0 spiro atoms. The molecule has 0 bridgehead atoms. The van der Waals surface area contributed by atoms with Crippen LogP contribution in [0.1, 0.15) is 6.85 Å². The minimum absolute atomic E-state index is 0.301. The molecule has 1 aromatic rings. The number of hydrogen-bond donors (Lipinski definition) is 0. The van der Waals surface area contributed by atoms with Gasteiger partial charge in [0, 0.05) is 6.04 Å². The summed E-state index contributed by atoms with van der Waals surface area (Å²) in [7, 11) is -2.82. The lowest BCUT2D eigenvalue weighted by Crippen LogP contribution is -1.90. The first-order chi connectivity index (χ1) is 6.72. The van der Waals surface area contributed by atoms with Gasteiger partial charge in [0.2, 0.25) is 11.8 Å². The first kappa shape index (κ1) is 3.17. The summed E-state index contributed by atoms with van der Waals surface area (Å²) in [5.41, 5.74) is 0. The van der Waals surface area contributed by atoms with Crippen molar-refractivity contribution in [3.8, 4) is 5.88 Å². The summed E-state index contributed by atoms with van der Waals surface area (Å²) < 4.78 is 51.7. The van der Waals surface area contributed by atoms with Gasteiger partial charge in [-0.3, -0.25) is 0 Å². The fourth-order valence-corrected chi connectivity index (χ4v) is 0.562. The molecule has 4 heteroatoms. The molecule has 2 nitrogen and oxygen atoms in total. The van der Waals surface area contributed by atoms with E-state index in [1.165, 1.54) is 0 Å². The van der Waals surface area contributed by atoms with E-state index in [2.05, 4.69) is 25.7 Å². The number of methoxy groups -OCH3 is 1. The third-order valence-corrected chi connectivity index (χ3v) is 1.28. The zero-order chi connectivity index (χ0) is 11.8. The Morgan fingerprint density at radius 3 is 3.40 bits per heavy atom. The molecule has 1 heterocycles. The van der Waals surface area contributed by atoms with E-state index in [-0.39, 0.29) is 4.47 Å². The van der Waals surface area contributed by atoms with Crippen LogP contribution in [0.3, 0.4) is 0 Å². The molecule has 0 amide bonds. The molecule has 0 aromatic carbocycles. The monoisotopic (exact) mass is 210 g/mol. The largest absolute Gasteiger partial charge is 0.481 e. The number of aromatic nitrogens is 1. The lowest BCUT2D eigenvalue weighted by Gasteiger charge is -1.97. The summed E-state index contributed by atoms with van der Waals surface area (Å²) in [6, 6.07) is -1.10. The van der Waals surface area contributed by atoms with Crippen molar-refractivity contribution in [1.29, 1.82) is 0 Å². The van der Waals surface area contributed by atoms with Crippen molar-refractivity contribution < 1.29 is 16.0 Å². The van der Waals surface area contributed by atoms with Crippen molar-refractivity contribution in [2.24, 2.45) is 0 Å². The van der Waals surface area contributed by atoms with E-state index in [0.29, 0.717) is 0 Å². The van der Waals surface area contributed by atoms with Gasteiger partial charge >= 0.3 is 0 Å². The molecular weight excluding hydrogens is 201 g/mol. The van der Waals surface area contributed by atoms with Crippen molar-refractivity contribution >= 4 is 15.9 Å². The maximum absolute atomic E-state index is 13.0. The molecule has 0 unspecified atom stereocenters. The standard InChI is InChI=1S/C6H5BrFNO/c1-10-5-3-2-4(7)6(8)9-5/h2-3H,1H3/i1D3,2D,3D. The van der Waals surface area contributed by atoms with Crippen molar-refractivity contribution in [2.45, 2.75) is 0 Å². The molecule has 10 heavy (non-hydrogen) atoms. The number of nitrogens with zero attached hydrogens (tertiary/aromatic N) is 1. The van der Waals surface area contributed by atoms with Gasteiger partial charge in [-0.05, 0) is 22.0 Å². The molecule has 0 aliphatic carbocycles. The molecule has 0 atom stereocenters. The molecular formula is C6H5BrFNO. The van der Waals surface area contributed by atoms with Crippen LogP contribution in [-0.4, -0.2) is 12.0 Å². The minimum atomic E-state index is -2.82. The van der Waals surface area contributed by atoms with Crippen LogP contribution in [0.25, 0.3) is 0 Å². The number of ether oxygens (including phenoxy) is 1. The summed E-state index contributed by atoms with van der Waals surface area (Å²) >= 11 is 2.70. The Labute approximate surface area is 73.2 Å². The molecule has 1 aromatic heterocycles. The molecule has 0 N–H and O–H groups in total. The molecule has 0 aliphatic heterocycles. The van der Waals surface area contributed by atoms with Gasteiger partial charge in [-0.15, -0.1) is 0 Å². The van der Waals surface area contributed by atoms with Crippen LogP contribution in [0.5, 0.6) is 5.88 Å². The Morgan fingerprint density at radius 2 is 2.70 bits per heavy atom. The highest BCUT2D eigenvalue weighted by Gasteiger charge is 2.00. The van der Waals surface area contributed by atoms with Gasteiger partial charge in [0.25, 0.3) is 0 Å². The van der Waals surface area contributed by atoms with E-state index >= 15 is 0 Å². The quantitative estimate of drug-likeness (QED) is 0.662. The summed E-state index contributed by atoms with van der Waals surface area (Å²) in [5.74, 6) is -1.81. The van der Waals surface area contributed by atoms with E-state index in [9.17, 15) is 4.39 Å². The van der Waals surface area contributed by atoms with Crippen LogP contribution in [0.15, 0.2) is 16.6 Å². The molecule has 0 aliphatic rings. The first-order valence-corrected chi connectivity index (χ1v) is 3.03. The summed E-state index contributed by atoms with van der Waals surface area (Å²) in [4.78, 5) is 3.12. The average Bonchev–Trinajstić information content (AvgIpc) is 2.08. The Bertz CT molecular complexity index is 396.